The molecule has 1 aliphatic carbocycles. The lowest BCUT2D eigenvalue weighted by Gasteiger charge is -2.28. The minimum atomic E-state index is -0.623. The van der Waals surface area contributed by atoms with Gasteiger partial charge in [0.1, 0.15) is 0 Å². The van der Waals surface area contributed by atoms with Crippen LogP contribution in [0.2, 0.25) is 0 Å². The van der Waals surface area contributed by atoms with Crippen LogP contribution in [0, 0.1) is 0 Å². The molecule has 11 heavy (non-hydrogen) atoms. The molecular weight excluding hydrogens is 142 g/mol. The fraction of sp³-hybridized carbons (Fsp3) is 1.00. The fourth-order valence-corrected chi connectivity index (χ4v) is 1.07. The van der Waals surface area contributed by atoms with Crippen LogP contribution in [0.15, 0.2) is 0 Å². The zero-order chi connectivity index (χ0) is 8.27. The average Bonchev–Trinajstić information content (AvgIpc) is 1.83. The average molecular weight is 159 g/mol. The van der Waals surface area contributed by atoms with Crippen LogP contribution in [0.1, 0.15) is 26.2 Å². The van der Waals surface area contributed by atoms with Gasteiger partial charge in [0.25, 0.3) is 0 Å². The Morgan fingerprint density at radius 2 is 2.09 bits per heavy atom. The van der Waals surface area contributed by atoms with E-state index in [4.69, 9.17) is 5.11 Å². The third-order valence-electron chi connectivity index (χ3n) is 2.28. The van der Waals surface area contributed by atoms with Gasteiger partial charge < -0.3 is 15.5 Å². The summed E-state index contributed by atoms with van der Waals surface area (Å²) in [5.41, 5.74) is 0. The molecule has 66 valence electrons. The van der Waals surface area contributed by atoms with E-state index < -0.39 is 12.2 Å². The molecule has 3 N–H and O–H groups in total. The van der Waals surface area contributed by atoms with E-state index in [2.05, 4.69) is 5.32 Å². The van der Waals surface area contributed by atoms with Crippen molar-refractivity contribution < 1.29 is 10.2 Å². The van der Waals surface area contributed by atoms with Gasteiger partial charge in [-0.3, -0.25) is 0 Å². The summed E-state index contributed by atoms with van der Waals surface area (Å²) < 4.78 is 0. The molecule has 0 radical (unpaired) electrons. The first-order valence-electron chi connectivity index (χ1n) is 4.29. The molecule has 0 amide bonds. The van der Waals surface area contributed by atoms with Crippen LogP contribution in [0.4, 0.5) is 0 Å². The topological polar surface area (TPSA) is 52.5 Å². The largest absolute Gasteiger partial charge is 0.391 e. The SMILES string of the molecule is CC(O)C(O)CNC1CCC1. The normalized spacial score (nSPS) is 24.3. The minimum absolute atomic E-state index is 0.516. The van der Waals surface area contributed by atoms with Crippen LogP contribution in [0.3, 0.4) is 0 Å². The fourth-order valence-electron chi connectivity index (χ4n) is 1.07. The third-order valence-corrected chi connectivity index (χ3v) is 2.28. The Morgan fingerprint density at radius 3 is 2.45 bits per heavy atom. The quantitative estimate of drug-likeness (QED) is 0.535. The number of hydrogen-bond acceptors (Lipinski definition) is 3. The second kappa shape index (κ2) is 4.04. The van der Waals surface area contributed by atoms with E-state index in [1.54, 1.807) is 6.92 Å². The Morgan fingerprint density at radius 1 is 1.45 bits per heavy atom. The van der Waals surface area contributed by atoms with Crippen LogP contribution >= 0.6 is 0 Å². The molecule has 2 atom stereocenters. The van der Waals surface area contributed by atoms with Gasteiger partial charge in [-0.1, -0.05) is 6.42 Å². The van der Waals surface area contributed by atoms with Crippen LogP contribution < -0.4 is 5.32 Å². The molecule has 1 fully saturated rings. The highest BCUT2D eigenvalue weighted by atomic mass is 16.3. The summed E-state index contributed by atoms with van der Waals surface area (Å²) in [6.45, 7) is 2.12. The maximum atomic E-state index is 9.18. The summed E-state index contributed by atoms with van der Waals surface area (Å²) in [5.74, 6) is 0. The predicted octanol–water partition coefficient (Wildman–Crippen LogP) is -0.130. The molecular formula is C8H17NO2. The lowest BCUT2D eigenvalue weighted by Crippen LogP contribution is -2.42. The second-order valence-corrected chi connectivity index (χ2v) is 3.34. The van der Waals surface area contributed by atoms with E-state index in [1.807, 2.05) is 0 Å². The first kappa shape index (κ1) is 8.97. The van der Waals surface area contributed by atoms with Crippen molar-refractivity contribution in [2.24, 2.45) is 0 Å². The van der Waals surface area contributed by atoms with Crippen LogP contribution in [0.25, 0.3) is 0 Å². The molecule has 3 nitrogen and oxygen atoms in total. The van der Waals surface area contributed by atoms with Crippen molar-refractivity contribution in [3.63, 3.8) is 0 Å². The first-order valence-corrected chi connectivity index (χ1v) is 4.29. The molecule has 0 bridgehead atoms. The Hall–Kier alpha value is -0.120. The third kappa shape index (κ3) is 2.77. The van der Waals surface area contributed by atoms with E-state index in [0.29, 0.717) is 12.6 Å². The first-order chi connectivity index (χ1) is 5.20. The molecule has 3 heteroatoms. The summed E-state index contributed by atoms with van der Waals surface area (Å²) in [7, 11) is 0. The van der Waals surface area contributed by atoms with Gasteiger partial charge in [0.15, 0.2) is 0 Å². The van der Waals surface area contributed by atoms with E-state index in [0.717, 1.165) is 0 Å². The van der Waals surface area contributed by atoms with Crippen molar-refractivity contribution in [3.8, 4) is 0 Å². The highest BCUT2D eigenvalue weighted by Crippen LogP contribution is 2.17. The van der Waals surface area contributed by atoms with Crippen molar-refractivity contribution in [2.75, 3.05) is 6.54 Å². The highest BCUT2D eigenvalue weighted by molar-refractivity contribution is 4.78. The lowest BCUT2D eigenvalue weighted by atomic mass is 9.93. The summed E-state index contributed by atoms with van der Waals surface area (Å²) in [4.78, 5) is 0. The zero-order valence-electron chi connectivity index (χ0n) is 6.95. The molecule has 1 saturated carbocycles. The molecule has 0 aromatic carbocycles. The van der Waals surface area contributed by atoms with Gasteiger partial charge in [-0.15, -0.1) is 0 Å². The van der Waals surface area contributed by atoms with Gasteiger partial charge in [-0.05, 0) is 19.8 Å². The summed E-state index contributed by atoms with van der Waals surface area (Å²) in [6, 6.07) is 0.586. The lowest BCUT2D eigenvalue weighted by molar-refractivity contribution is 0.0285. The van der Waals surface area contributed by atoms with E-state index in [9.17, 15) is 5.11 Å². The Labute approximate surface area is 67.4 Å². The van der Waals surface area contributed by atoms with Crippen LogP contribution in [-0.4, -0.2) is 35.0 Å². The summed E-state index contributed by atoms with van der Waals surface area (Å²) in [6.07, 6.45) is 2.49. The van der Waals surface area contributed by atoms with Crippen LogP contribution in [-0.2, 0) is 0 Å². The van der Waals surface area contributed by atoms with Crippen molar-refractivity contribution >= 4 is 0 Å². The zero-order valence-corrected chi connectivity index (χ0v) is 6.95. The van der Waals surface area contributed by atoms with E-state index in [1.165, 1.54) is 19.3 Å². The standard InChI is InChI=1S/C8H17NO2/c1-6(10)8(11)5-9-7-3-2-4-7/h6-11H,2-5H2,1H3. The molecule has 1 aliphatic rings. The van der Waals surface area contributed by atoms with Crippen molar-refractivity contribution in [3.05, 3.63) is 0 Å². The molecule has 2 unspecified atom stereocenters. The smallest absolute Gasteiger partial charge is 0.0920 e. The van der Waals surface area contributed by atoms with Crippen molar-refractivity contribution in [2.45, 2.75) is 44.4 Å². The predicted molar refractivity (Wildman–Crippen MR) is 43.3 cm³/mol. The Bertz CT molecular complexity index is 113. The number of aliphatic hydroxyl groups excluding tert-OH is 2. The van der Waals surface area contributed by atoms with E-state index >= 15 is 0 Å². The number of nitrogens with one attached hydrogen (secondary N) is 1. The molecule has 0 aromatic heterocycles. The molecule has 0 aromatic rings. The van der Waals surface area contributed by atoms with Crippen molar-refractivity contribution in [1.82, 2.24) is 5.32 Å². The number of aliphatic hydroxyl groups is 2. The highest BCUT2D eigenvalue weighted by Gasteiger charge is 2.18. The number of rotatable bonds is 4. The molecule has 1 rings (SSSR count). The van der Waals surface area contributed by atoms with Gasteiger partial charge in [0.2, 0.25) is 0 Å². The van der Waals surface area contributed by atoms with Crippen molar-refractivity contribution in [1.29, 1.82) is 0 Å². The van der Waals surface area contributed by atoms with Gasteiger partial charge in [-0.2, -0.15) is 0 Å². The monoisotopic (exact) mass is 159 g/mol. The van der Waals surface area contributed by atoms with Crippen LogP contribution in [0.5, 0.6) is 0 Å². The second-order valence-electron chi connectivity index (χ2n) is 3.34. The molecule has 0 aliphatic heterocycles. The maximum absolute atomic E-state index is 9.18. The Kier molecular flexibility index (Phi) is 3.30. The summed E-state index contributed by atoms with van der Waals surface area (Å²) in [5, 5.41) is 21.3. The minimum Gasteiger partial charge on any atom is -0.391 e. The van der Waals surface area contributed by atoms with Gasteiger partial charge in [0.05, 0.1) is 12.2 Å². The van der Waals surface area contributed by atoms with E-state index in [-0.39, 0.29) is 0 Å². The maximum Gasteiger partial charge on any atom is 0.0920 e. The summed E-state index contributed by atoms with van der Waals surface area (Å²) >= 11 is 0. The molecule has 0 spiro atoms. The van der Waals surface area contributed by atoms with Gasteiger partial charge in [-0.25, -0.2) is 0 Å². The molecule has 0 saturated heterocycles. The van der Waals surface area contributed by atoms with Gasteiger partial charge in [0, 0.05) is 12.6 Å². The molecule has 0 heterocycles. The Balaban J connectivity index is 2.01. The number of hydrogen-bond donors (Lipinski definition) is 3. The van der Waals surface area contributed by atoms with Gasteiger partial charge >= 0.3 is 0 Å².